The van der Waals surface area contributed by atoms with E-state index in [2.05, 4.69) is 0 Å². The van der Waals surface area contributed by atoms with Gasteiger partial charge in [0.25, 0.3) is 0 Å². The number of hydrogen-bond acceptors (Lipinski definition) is 2. The van der Waals surface area contributed by atoms with Crippen molar-refractivity contribution in [2.75, 3.05) is 0 Å². The molecule has 0 aromatic rings. The molecule has 0 saturated heterocycles. The van der Waals surface area contributed by atoms with E-state index in [0.717, 1.165) is 0 Å². The standard InChI is InChI=1S/2H2OP.Rh/c2*1-2;/h2*2H2;/q2*-1;+2. The molecule has 0 aromatic carbocycles. The summed E-state index contributed by atoms with van der Waals surface area (Å²) >= 11 is 0. The minimum absolute atomic E-state index is 0. The Kier molecular flexibility index (Phi) is 172. The van der Waals surface area contributed by atoms with E-state index in [1.807, 2.05) is 0 Å². The van der Waals surface area contributed by atoms with Gasteiger partial charge in [0.1, 0.15) is 0 Å². The summed E-state index contributed by atoms with van der Waals surface area (Å²) in [6.07, 6.45) is 0. The molecule has 0 aliphatic rings. The number of hydrogen-bond donors (Lipinski definition) is 0. The molecule has 0 aliphatic heterocycles. The monoisotopic (exact) mass is 201 g/mol. The van der Waals surface area contributed by atoms with Crippen molar-refractivity contribution in [2.45, 2.75) is 0 Å². The van der Waals surface area contributed by atoms with Crippen LogP contribution in [0.15, 0.2) is 0 Å². The zero-order valence-electron chi connectivity index (χ0n) is 2.30. The molecule has 2 atom stereocenters. The summed E-state index contributed by atoms with van der Waals surface area (Å²) in [4.78, 5) is 16.3. The van der Waals surface area contributed by atoms with E-state index in [-0.39, 0.29) is 19.5 Å². The Balaban J connectivity index is -0.0000000133. The molecular formula is H4O2P2Rh. The second kappa shape index (κ2) is 53.2. The average Bonchev–Trinajstić information content (AvgIpc) is 1.50. The Morgan fingerprint density at radius 2 is 0.800 bits per heavy atom. The molecule has 0 aromatic heterocycles. The van der Waals surface area contributed by atoms with E-state index >= 15 is 0 Å². The smallest absolute Gasteiger partial charge is 0.834 e. The van der Waals surface area contributed by atoms with Crippen molar-refractivity contribution in [3.63, 3.8) is 0 Å². The van der Waals surface area contributed by atoms with E-state index in [1.54, 1.807) is 0 Å². The van der Waals surface area contributed by atoms with Crippen LogP contribution in [0.2, 0.25) is 0 Å². The predicted octanol–water partition coefficient (Wildman–Crippen LogP) is -1.73. The molecule has 5 heteroatoms. The van der Waals surface area contributed by atoms with Crippen LogP contribution in [-0.2, 0) is 19.5 Å². The third-order valence-electron chi connectivity index (χ3n) is 0. The van der Waals surface area contributed by atoms with E-state index in [4.69, 9.17) is 9.79 Å². The van der Waals surface area contributed by atoms with E-state index in [1.165, 1.54) is 18.9 Å². The summed E-state index contributed by atoms with van der Waals surface area (Å²) in [5.41, 5.74) is 0. The van der Waals surface area contributed by atoms with Crippen LogP contribution < -0.4 is 9.79 Å². The normalized spacial score (nSPS) is 2.40. The van der Waals surface area contributed by atoms with Crippen LogP contribution in [0.5, 0.6) is 0 Å². The summed E-state index contributed by atoms with van der Waals surface area (Å²) in [5.74, 6) is 0. The van der Waals surface area contributed by atoms with Crippen LogP contribution in [0.4, 0.5) is 0 Å². The SMILES string of the molecule is [O-]P.[O-]P.[Rh+2]. The van der Waals surface area contributed by atoms with Crippen LogP contribution in [0, 0.1) is 0 Å². The molecule has 0 spiro atoms. The molecule has 2 nitrogen and oxygen atoms in total. The first-order chi connectivity index (χ1) is 2.00. The summed E-state index contributed by atoms with van der Waals surface area (Å²) in [7, 11) is 2.33. The molecule has 0 heterocycles. The third-order valence-corrected chi connectivity index (χ3v) is 0. The molecule has 0 amide bonds. The van der Waals surface area contributed by atoms with Gasteiger partial charge in [-0.15, -0.1) is 0 Å². The van der Waals surface area contributed by atoms with Gasteiger partial charge in [-0.3, -0.25) is 0 Å². The number of rotatable bonds is 0. The van der Waals surface area contributed by atoms with Gasteiger partial charge in [-0.25, -0.2) is 18.9 Å². The Hall–Kier alpha value is 1.40. The van der Waals surface area contributed by atoms with E-state index in [9.17, 15) is 0 Å². The first kappa shape index (κ1) is 16.1. The molecule has 1 radical (unpaired) electrons. The fraction of sp³-hybridized carbons (Fsp3) is 0. The molecular weight excluding hydrogens is 197 g/mol. The quantitative estimate of drug-likeness (QED) is 0.345. The van der Waals surface area contributed by atoms with Crippen molar-refractivity contribution >= 4 is 18.9 Å². The van der Waals surface area contributed by atoms with Gasteiger partial charge in [0.05, 0.1) is 0 Å². The van der Waals surface area contributed by atoms with Crippen LogP contribution in [0.1, 0.15) is 0 Å². The zero-order chi connectivity index (χ0) is 4.00. The zero-order valence-corrected chi connectivity index (χ0v) is 6.25. The minimum Gasteiger partial charge on any atom is -0.834 e. The maximum absolute atomic E-state index is 8.17. The van der Waals surface area contributed by atoms with Gasteiger partial charge in [0, 0.05) is 0 Å². The Morgan fingerprint density at radius 3 is 0.800 bits per heavy atom. The van der Waals surface area contributed by atoms with Gasteiger partial charge in [-0.1, -0.05) is 0 Å². The molecule has 0 rings (SSSR count). The Morgan fingerprint density at radius 1 is 0.800 bits per heavy atom. The molecule has 0 fully saturated rings. The molecule has 35 valence electrons. The molecule has 5 heavy (non-hydrogen) atoms. The molecule has 2 unspecified atom stereocenters. The fourth-order valence-corrected chi connectivity index (χ4v) is 0. The van der Waals surface area contributed by atoms with Gasteiger partial charge >= 0.3 is 19.5 Å². The molecule has 0 saturated carbocycles. The van der Waals surface area contributed by atoms with Crippen molar-refractivity contribution in [3.8, 4) is 0 Å². The van der Waals surface area contributed by atoms with Crippen LogP contribution in [0.25, 0.3) is 0 Å². The third kappa shape index (κ3) is 31.8. The Labute approximate surface area is 48.7 Å². The van der Waals surface area contributed by atoms with Crippen molar-refractivity contribution in [1.82, 2.24) is 0 Å². The van der Waals surface area contributed by atoms with Gasteiger partial charge in [0.2, 0.25) is 0 Å². The van der Waals surface area contributed by atoms with Crippen LogP contribution in [-0.4, -0.2) is 0 Å². The topological polar surface area (TPSA) is 46.1 Å². The first-order valence-corrected chi connectivity index (χ1v) is 1.41. The first-order valence-electron chi connectivity index (χ1n) is 0.471. The minimum atomic E-state index is 0. The van der Waals surface area contributed by atoms with Gasteiger partial charge < -0.3 is 9.79 Å². The molecule has 0 bridgehead atoms. The second-order valence-corrected chi connectivity index (χ2v) is 0. The van der Waals surface area contributed by atoms with Crippen molar-refractivity contribution in [1.29, 1.82) is 0 Å². The van der Waals surface area contributed by atoms with Crippen molar-refractivity contribution < 1.29 is 29.3 Å². The largest absolute Gasteiger partial charge is 2.00 e. The van der Waals surface area contributed by atoms with Crippen LogP contribution in [0.3, 0.4) is 0 Å². The summed E-state index contributed by atoms with van der Waals surface area (Å²) in [6.45, 7) is 0. The Bertz CT molecular complexity index is 7.61. The van der Waals surface area contributed by atoms with Crippen molar-refractivity contribution in [2.24, 2.45) is 0 Å². The average molecular weight is 201 g/mol. The van der Waals surface area contributed by atoms with E-state index in [0.29, 0.717) is 0 Å². The van der Waals surface area contributed by atoms with Gasteiger partial charge in [0.15, 0.2) is 0 Å². The summed E-state index contributed by atoms with van der Waals surface area (Å²) in [5, 5.41) is 0. The summed E-state index contributed by atoms with van der Waals surface area (Å²) in [6, 6.07) is 0. The fourth-order valence-electron chi connectivity index (χ4n) is 0. The maximum atomic E-state index is 8.17. The van der Waals surface area contributed by atoms with E-state index < -0.39 is 0 Å². The van der Waals surface area contributed by atoms with Gasteiger partial charge in [-0.05, 0) is 0 Å². The summed E-state index contributed by atoms with van der Waals surface area (Å²) < 4.78 is 0. The molecule has 0 aliphatic carbocycles. The van der Waals surface area contributed by atoms with Crippen LogP contribution >= 0.6 is 18.9 Å². The second-order valence-electron chi connectivity index (χ2n) is 0. The maximum Gasteiger partial charge on any atom is 2.00 e. The molecule has 0 N–H and O–H groups in total. The van der Waals surface area contributed by atoms with Gasteiger partial charge in [-0.2, -0.15) is 0 Å². The predicted molar refractivity (Wildman–Crippen MR) is 19.4 cm³/mol. The van der Waals surface area contributed by atoms with Crippen molar-refractivity contribution in [3.05, 3.63) is 0 Å².